The van der Waals surface area contributed by atoms with Crippen molar-refractivity contribution in [1.29, 1.82) is 0 Å². The van der Waals surface area contributed by atoms with E-state index >= 15 is 0 Å². The molecule has 12 aromatic carbocycles. The number of hydrogen-bond donors (Lipinski definition) is 0. The van der Waals surface area contributed by atoms with E-state index in [2.05, 4.69) is 231 Å². The molecule has 0 saturated carbocycles. The van der Waals surface area contributed by atoms with Crippen molar-refractivity contribution in [1.82, 2.24) is 0 Å². The molecular formula is C60H38. The number of fused-ring (bicyclic) bond motifs is 8. The second-order valence-corrected chi connectivity index (χ2v) is 16.2. The summed E-state index contributed by atoms with van der Waals surface area (Å²) in [7, 11) is 0. The van der Waals surface area contributed by atoms with E-state index in [0.717, 1.165) is 0 Å². The molecular weight excluding hydrogens is 721 g/mol. The summed E-state index contributed by atoms with van der Waals surface area (Å²) in [6.07, 6.45) is 0. The Hall–Kier alpha value is -7.80. The van der Waals surface area contributed by atoms with Gasteiger partial charge in [0.05, 0.1) is 0 Å². The second-order valence-electron chi connectivity index (χ2n) is 16.2. The van der Waals surface area contributed by atoms with Gasteiger partial charge in [0.25, 0.3) is 0 Å². The van der Waals surface area contributed by atoms with E-state index < -0.39 is 0 Å². The topological polar surface area (TPSA) is 0 Å². The molecule has 0 radical (unpaired) electrons. The van der Waals surface area contributed by atoms with Crippen molar-refractivity contribution >= 4 is 64.6 Å². The van der Waals surface area contributed by atoms with E-state index in [1.165, 1.54) is 120 Å². The molecule has 0 amide bonds. The van der Waals surface area contributed by atoms with Crippen molar-refractivity contribution in [3.63, 3.8) is 0 Å². The van der Waals surface area contributed by atoms with E-state index in [-0.39, 0.29) is 0 Å². The molecule has 0 aliphatic rings. The average Bonchev–Trinajstić information content (AvgIpc) is 3.33. The quantitative estimate of drug-likeness (QED) is 0.153. The van der Waals surface area contributed by atoms with Gasteiger partial charge in [-0.1, -0.05) is 194 Å². The maximum Gasteiger partial charge on any atom is -0.0105 e. The van der Waals surface area contributed by atoms with Crippen molar-refractivity contribution < 1.29 is 0 Å². The van der Waals surface area contributed by atoms with Gasteiger partial charge < -0.3 is 0 Å². The summed E-state index contributed by atoms with van der Waals surface area (Å²) < 4.78 is 0. The first kappa shape index (κ1) is 34.3. The molecule has 0 N–H and O–H groups in total. The Bertz CT molecular complexity index is 3380. The first-order valence-corrected chi connectivity index (χ1v) is 20.8. The highest BCUT2D eigenvalue weighted by molar-refractivity contribution is 6.11. The highest BCUT2D eigenvalue weighted by atomic mass is 14.1. The van der Waals surface area contributed by atoms with E-state index in [4.69, 9.17) is 0 Å². The molecule has 0 aliphatic heterocycles. The lowest BCUT2D eigenvalue weighted by Gasteiger charge is -2.11. The fourth-order valence-electron chi connectivity index (χ4n) is 9.31. The molecule has 0 aliphatic carbocycles. The van der Waals surface area contributed by atoms with E-state index in [1.807, 2.05) is 0 Å². The third-order valence-corrected chi connectivity index (χ3v) is 12.6. The number of rotatable bonds is 5. The predicted molar refractivity (Wildman–Crippen MR) is 259 cm³/mol. The molecule has 12 aromatic rings. The summed E-state index contributed by atoms with van der Waals surface area (Å²) in [5, 5.41) is 15.2. The third kappa shape index (κ3) is 6.01. The first-order chi connectivity index (χ1) is 29.7. The standard InChI is InChI=1S/C60H38/c1-3-7-45-33-47(19-17-39(45)5-1)41-9-13-43(14-10-41)49-25-29-57-53(35-49)21-23-55-37-51(27-31-59(55)57)52-28-32-60-56(38-52)24-22-54-36-50(26-30-58(54)60)44-15-11-42(12-16-44)48-20-18-40-6-2-4-8-46(40)34-48/h1-38H. The molecule has 0 atom stereocenters. The Labute approximate surface area is 349 Å². The van der Waals surface area contributed by atoms with Crippen molar-refractivity contribution in [3.05, 3.63) is 231 Å². The Morgan fingerprint density at radius 3 is 0.633 bits per heavy atom. The highest BCUT2D eigenvalue weighted by Gasteiger charge is 2.10. The summed E-state index contributed by atoms with van der Waals surface area (Å²) in [6.45, 7) is 0. The van der Waals surface area contributed by atoms with Gasteiger partial charge in [-0.3, -0.25) is 0 Å². The molecule has 0 bridgehead atoms. The maximum absolute atomic E-state index is 2.34. The normalized spacial score (nSPS) is 11.7. The Morgan fingerprint density at radius 1 is 0.133 bits per heavy atom. The summed E-state index contributed by atoms with van der Waals surface area (Å²) in [5.41, 5.74) is 12.3. The molecule has 278 valence electrons. The van der Waals surface area contributed by atoms with Crippen molar-refractivity contribution in [2.75, 3.05) is 0 Å². The van der Waals surface area contributed by atoms with Gasteiger partial charge in [-0.15, -0.1) is 0 Å². The minimum absolute atomic E-state index is 1.23. The Kier molecular flexibility index (Phi) is 7.96. The Balaban J connectivity index is 0.798. The first-order valence-electron chi connectivity index (χ1n) is 20.8. The zero-order valence-electron chi connectivity index (χ0n) is 32.9. The average molecular weight is 759 g/mol. The van der Waals surface area contributed by atoms with Crippen LogP contribution in [0.4, 0.5) is 0 Å². The number of benzene rings is 12. The van der Waals surface area contributed by atoms with E-state index in [0.29, 0.717) is 0 Å². The summed E-state index contributed by atoms with van der Waals surface area (Å²) in [6, 6.07) is 85.1. The lowest BCUT2D eigenvalue weighted by atomic mass is 9.93. The van der Waals surface area contributed by atoms with Crippen LogP contribution in [0.15, 0.2) is 231 Å². The van der Waals surface area contributed by atoms with Gasteiger partial charge in [0.1, 0.15) is 0 Å². The molecule has 0 heterocycles. The maximum atomic E-state index is 2.34. The molecule has 0 heteroatoms. The number of hydrogen-bond acceptors (Lipinski definition) is 0. The Morgan fingerprint density at radius 2 is 0.333 bits per heavy atom. The lowest BCUT2D eigenvalue weighted by Crippen LogP contribution is -1.85. The highest BCUT2D eigenvalue weighted by Crippen LogP contribution is 2.37. The molecule has 0 saturated heterocycles. The predicted octanol–water partition coefficient (Wildman–Crippen LogP) is 16.9. The largest absolute Gasteiger partial charge is 0.0616 e. The van der Waals surface area contributed by atoms with Crippen molar-refractivity contribution in [2.45, 2.75) is 0 Å². The van der Waals surface area contributed by atoms with Gasteiger partial charge in [-0.25, -0.2) is 0 Å². The monoisotopic (exact) mass is 758 g/mol. The third-order valence-electron chi connectivity index (χ3n) is 12.6. The summed E-state index contributed by atoms with van der Waals surface area (Å²) >= 11 is 0. The molecule has 60 heavy (non-hydrogen) atoms. The van der Waals surface area contributed by atoms with Gasteiger partial charge in [-0.05, 0) is 157 Å². The fraction of sp³-hybridized carbons (Fsp3) is 0. The van der Waals surface area contributed by atoms with Gasteiger partial charge in [-0.2, -0.15) is 0 Å². The lowest BCUT2D eigenvalue weighted by molar-refractivity contribution is 1.61. The minimum atomic E-state index is 1.23. The zero-order valence-corrected chi connectivity index (χ0v) is 32.9. The molecule has 0 fully saturated rings. The molecule has 0 nitrogen and oxygen atoms in total. The van der Waals surface area contributed by atoms with Crippen molar-refractivity contribution in [2.24, 2.45) is 0 Å². The van der Waals surface area contributed by atoms with E-state index in [1.54, 1.807) is 0 Å². The van der Waals surface area contributed by atoms with Crippen LogP contribution in [0.3, 0.4) is 0 Å². The van der Waals surface area contributed by atoms with Gasteiger partial charge in [0.15, 0.2) is 0 Å². The van der Waals surface area contributed by atoms with Crippen LogP contribution in [-0.4, -0.2) is 0 Å². The van der Waals surface area contributed by atoms with Crippen LogP contribution < -0.4 is 0 Å². The van der Waals surface area contributed by atoms with Gasteiger partial charge >= 0.3 is 0 Å². The smallest absolute Gasteiger partial charge is 0.0105 e. The summed E-state index contributed by atoms with van der Waals surface area (Å²) in [5.74, 6) is 0. The fourth-order valence-corrected chi connectivity index (χ4v) is 9.31. The van der Waals surface area contributed by atoms with Crippen LogP contribution in [0.2, 0.25) is 0 Å². The van der Waals surface area contributed by atoms with Gasteiger partial charge in [0.2, 0.25) is 0 Å². The summed E-state index contributed by atoms with van der Waals surface area (Å²) in [4.78, 5) is 0. The molecule has 0 unspecified atom stereocenters. The SMILES string of the molecule is c1ccc2cc(-c3ccc(-c4ccc5c(ccc6cc(-c7ccc8c(ccc9cc(-c%10ccc(-c%11ccc%12ccccc%12c%11)cc%10)ccc98)c7)ccc65)c4)cc3)ccc2c1. The van der Waals surface area contributed by atoms with Gasteiger partial charge in [0, 0.05) is 0 Å². The van der Waals surface area contributed by atoms with E-state index in [9.17, 15) is 0 Å². The van der Waals surface area contributed by atoms with Crippen molar-refractivity contribution in [3.8, 4) is 55.6 Å². The molecule has 0 spiro atoms. The van der Waals surface area contributed by atoms with Crippen LogP contribution in [0, 0.1) is 0 Å². The minimum Gasteiger partial charge on any atom is -0.0616 e. The van der Waals surface area contributed by atoms with Crippen LogP contribution in [-0.2, 0) is 0 Å². The molecule has 12 rings (SSSR count). The van der Waals surface area contributed by atoms with Crippen LogP contribution in [0.1, 0.15) is 0 Å². The van der Waals surface area contributed by atoms with Crippen LogP contribution >= 0.6 is 0 Å². The second kappa shape index (κ2) is 13.9. The van der Waals surface area contributed by atoms with Crippen LogP contribution in [0.25, 0.3) is 120 Å². The molecule has 0 aromatic heterocycles. The van der Waals surface area contributed by atoms with Crippen LogP contribution in [0.5, 0.6) is 0 Å². The zero-order chi connectivity index (χ0) is 39.6.